The lowest BCUT2D eigenvalue weighted by atomic mass is 10.1. The molecule has 1 saturated heterocycles. The molecule has 12 heteroatoms. The van der Waals surface area contributed by atoms with Crippen LogP contribution in [0.25, 0.3) is 6.08 Å². The fourth-order valence-corrected chi connectivity index (χ4v) is 3.37. The van der Waals surface area contributed by atoms with Crippen LogP contribution < -0.4 is 20.3 Å². The summed E-state index contributed by atoms with van der Waals surface area (Å²) in [4.78, 5) is 60.7. The van der Waals surface area contributed by atoms with Crippen molar-refractivity contribution in [3.05, 3.63) is 99.9 Å². The summed E-state index contributed by atoms with van der Waals surface area (Å²) in [7, 11) is 0. The number of anilines is 2. The summed E-state index contributed by atoms with van der Waals surface area (Å²) in [6.45, 7) is -0.434. The molecule has 37 heavy (non-hydrogen) atoms. The van der Waals surface area contributed by atoms with E-state index in [4.69, 9.17) is 4.74 Å². The van der Waals surface area contributed by atoms with Crippen molar-refractivity contribution in [3.63, 3.8) is 0 Å². The maximum atomic E-state index is 13.7. The molecule has 0 saturated carbocycles. The number of nitrogens with one attached hydrogen (secondary N) is 2. The number of urea groups is 1. The number of non-ortho nitro benzene ring substituents is 1. The number of carbonyl (C=O) groups is 4. The molecule has 11 nitrogen and oxygen atoms in total. The quantitative estimate of drug-likeness (QED) is 0.217. The minimum Gasteiger partial charge on any atom is -0.484 e. The lowest BCUT2D eigenvalue weighted by Gasteiger charge is -2.26. The first-order valence-corrected chi connectivity index (χ1v) is 10.7. The van der Waals surface area contributed by atoms with Gasteiger partial charge in [-0.15, -0.1) is 0 Å². The fraction of sp³-hybridized carbons (Fsp3) is 0.0400. The zero-order chi connectivity index (χ0) is 26.5. The molecule has 3 aromatic rings. The van der Waals surface area contributed by atoms with Gasteiger partial charge in [-0.05, 0) is 48.0 Å². The highest BCUT2D eigenvalue weighted by Gasteiger charge is 2.37. The molecule has 0 atom stereocenters. The summed E-state index contributed by atoms with van der Waals surface area (Å²) in [5.74, 6) is -2.83. The molecule has 0 bridgehead atoms. The Labute approximate surface area is 208 Å². The topological polar surface area (TPSA) is 148 Å². The SMILES string of the molecule is O=C(COc1cccc(/C=C2/C(=O)NC(=O)N(c3ccc([N+](=O)[O-])cc3)C2=O)c1)Nc1ccccc1F. The molecule has 2 N–H and O–H groups in total. The van der Waals surface area contributed by atoms with E-state index in [0.717, 1.165) is 12.1 Å². The van der Waals surface area contributed by atoms with Crippen LogP contribution in [0.3, 0.4) is 0 Å². The average Bonchev–Trinajstić information content (AvgIpc) is 2.87. The van der Waals surface area contributed by atoms with Crippen LogP contribution in [0.2, 0.25) is 0 Å². The number of carbonyl (C=O) groups excluding carboxylic acids is 4. The van der Waals surface area contributed by atoms with Gasteiger partial charge < -0.3 is 10.1 Å². The molecule has 5 amide bonds. The molecule has 1 heterocycles. The first kappa shape index (κ1) is 24.7. The molecular weight excluding hydrogens is 487 g/mol. The van der Waals surface area contributed by atoms with Crippen molar-refractivity contribution >= 4 is 46.9 Å². The fourth-order valence-electron chi connectivity index (χ4n) is 3.37. The Balaban J connectivity index is 1.49. The summed E-state index contributed by atoms with van der Waals surface area (Å²) in [6.07, 6.45) is 1.23. The van der Waals surface area contributed by atoms with Gasteiger partial charge in [-0.3, -0.25) is 29.8 Å². The molecule has 1 fully saturated rings. The van der Waals surface area contributed by atoms with Crippen molar-refractivity contribution in [3.8, 4) is 5.75 Å². The lowest BCUT2D eigenvalue weighted by molar-refractivity contribution is -0.384. The Bertz CT molecular complexity index is 1450. The number of barbiturate groups is 1. The Morgan fingerprint density at radius 3 is 2.49 bits per heavy atom. The highest BCUT2D eigenvalue weighted by atomic mass is 19.1. The predicted molar refractivity (Wildman–Crippen MR) is 129 cm³/mol. The number of amides is 5. The van der Waals surface area contributed by atoms with E-state index in [9.17, 15) is 33.7 Å². The Morgan fingerprint density at radius 2 is 1.78 bits per heavy atom. The normalized spacial score (nSPS) is 14.4. The molecule has 186 valence electrons. The minimum atomic E-state index is -1.00. The smallest absolute Gasteiger partial charge is 0.335 e. The van der Waals surface area contributed by atoms with E-state index in [1.807, 2.05) is 0 Å². The van der Waals surface area contributed by atoms with Crippen LogP contribution in [0.4, 0.5) is 26.2 Å². The molecule has 4 rings (SSSR count). The number of ether oxygens (including phenoxy) is 1. The minimum absolute atomic E-state index is 0.00327. The Hall–Kier alpha value is -5.39. The molecule has 1 aliphatic heterocycles. The second-order valence-electron chi connectivity index (χ2n) is 7.62. The van der Waals surface area contributed by atoms with Gasteiger partial charge in [0.05, 0.1) is 16.3 Å². The summed E-state index contributed by atoms with van der Waals surface area (Å²) < 4.78 is 19.1. The number of imide groups is 2. The Morgan fingerprint density at radius 1 is 1.05 bits per heavy atom. The van der Waals surface area contributed by atoms with Crippen LogP contribution in [0.5, 0.6) is 5.75 Å². The van der Waals surface area contributed by atoms with Gasteiger partial charge in [-0.2, -0.15) is 0 Å². The highest BCUT2D eigenvalue weighted by molar-refractivity contribution is 6.39. The summed E-state index contributed by atoms with van der Waals surface area (Å²) >= 11 is 0. The first-order valence-electron chi connectivity index (χ1n) is 10.7. The number of nitro benzene ring substituents is 1. The van der Waals surface area contributed by atoms with Gasteiger partial charge in [-0.25, -0.2) is 14.1 Å². The number of nitro groups is 1. The van der Waals surface area contributed by atoms with Crippen molar-refractivity contribution in [1.29, 1.82) is 0 Å². The first-order chi connectivity index (χ1) is 17.7. The van der Waals surface area contributed by atoms with Gasteiger partial charge in [0.1, 0.15) is 17.1 Å². The van der Waals surface area contributed by atoms with Gasteiger partial charge >= 0.3 is 6.03 Å². The van der Waals surface area contributed by atoms with E-state index < -0.39 is 41.1 Å². The lowest BCUT2D eigenvalue weighted by Crippen LogP contribution is -2.54. The monoisotopic (exact) mass is 504 g/mol. The molecule has 0 aliphatic carbocycles. The number of rotatable bonds is 7. The second kappa shape index (κ2) is 10.5. The van der Waals surface area contributed by atoms with E-state index >= 15 is 0 Å². The Kier molecular flexibility index (Phi) is 7.00. The summed E-state index contributed by atoms with van der Waals surface area (Å²) in [5.41, 5.74) is -0.219. The zero-order valence-corrected chi connectivity index (χ0v) is 18.8. The van der Waals surface area contributed by atoms with Crippen LogP contribution in [-0.2, 0) is 14.4 Å². The van der Waals surface area contributed by atoms with Crippen LogP contribution >= 0.6 is 0 Å². The predicted octanol–water partition coefficient (Wildman–Crippen LogP) is 3.42. The molecule has 0 aromatic heterocycles. The standard InChI is InChI=1S/C25H17FN4O7/c26-20-6-1-2-7-21(20)27-22(31)14-37-18-5-3-4-15(12-18)13-19-23(32)28-25(34)29(24(19)33)16-8-10-17(11-9-16)30(35)36/h1-13H,14H2,(H,27,31)(H,28,32,34)/b19-13-. The molecule has 3 aromatic carbocycles. The number of para-hydroxylation sites is 1. The molecule has 0 spiro atoms. The van der Waals surface area contributed by atoms with E-state index in [2.05, 4.69) is 10.6 Å². The highest BCUT2D eigenvalue weighted by Crippen LogP contribution is 2.25. The van der Waals surface area contributed by atoms with Gasteiger partial charge in [0.2, 0.25) is 0 Å². The van der Waals surface area contributed by atoms with E-state index in [1.165, 1.54) is 48.5 Å². The molecule has 0 radical (unpaired) electrons. The average molecular weight is 504 g/mol. The number of nitrogens with zero attached hydrogens (tertiary/aromatic N) is 2. The third-order valence-corrected chi connectivity index (χ3v) is 5.11. The van der Waals surface area contributed by atoms with Crippen molar-refractivity contribution in [2.45, 2.75) is 0 Å². The van der Waals surface area contributed by atoms with E-state index in [1.54, 1.807) is 18.2 Å². The summed E-state index contributed by atoms with van der Waals surface area (Å²) in [5, 5.41) is 15.3. The molecule has 0 unspecified atom stereocenters. The van der Waals surface area contributed by atoms with Crippen LogP contribution in [0, 0.1) is 15.9 Å². The van der Waals surface area contributed by atoms with Crippen LogP contribution in [-0.4, -0.2) is 35.3 Å². The van der Waals surface area contributed by atoms with Crippen LogP contribution in [0.15, 0.2) is 78.4 Å². The van der Waals surface area contributed by atoms with Gasteiger partial charge in [-0.1, -0.05) is 24.3 Å². The molecular formula is C25H17FN4O7. The van der Waals surface area contributed by atoms with Crippen LogP contribution in [0.1, 0.15) is 5.56 Å². The number of hydrogen-bond donors (Lipinski definition) is 2. The van der Waals surface area contributed by atoms with Crippen molar-refractivity contribution < 1.29 is 33.2 Å². The largest absolute Gasteiger partial charge is 0.484 e. The maximum Gasteiger partial charge on any atom is 0.335 e. The molecule has 1 aliphatic rings. The zero-order valence-electron chi connectivity index (χ0n) is 18.8. The van der Waals surface area contributed by atoms with E-state index in [0.29, 0.717) is 10.5 Å². The number of benzene rings is 3. The van der Waals surface area contributed by atoms with Crippen molar-refractivity contribution in [1.82, 2.24) is 5.32 Å². The van der Waals surface area contributed by atoms with Gasteiger partial charge in [0.15, 0.2) is 6.61 Å². The van der Waals surface area contributed by atoms with Crippen molar-refractivity contribution in [2.75, 3.05) is 16.8 Å². The third kappa shape index (κ3) is 5.65. The number of halogens is 1. The second-order valence-corrected chi connectivity index (χ2v) is 7.62. The number of hydrogen-bond acceptors (Lipinski definition) is 7. The van der Waals surface area contributed by atoms with E-state index in [-0.39, 0.29) is 28.4 Å². The van der Waals surface area contributed by atoms with Gasteiger partial charge in [0.25, 0.3) is 23.4 Å². The van der Waals surface area contributed by atoms with Crippen molar-refractivity contribution in [2.24, 2.45) is 0 Å². The maximum absolute atomic E-state index is 13.7. The summed E-state index contributed by atoms with van der Waals surface area (Å²) in [6, 6.07) is 15.4. The third-order valence-electron chi connectivity index (χ3n) is 5.11. The van der Waals surface area contributed by atoms with Gasteiger partial charge in [0, 0.05) is 12.1 Å².